The number of ether oxygens (including phenoxy) is 1. The van der Waals surface area contributed by atoms with Crippen molar-refractivity contribution in [1.29, 1.82) is 0 Å². The number of benzene rings is 1. The van der Waals surface area contributed by atoms with E-state index in [1.54, 1.807) is 0 Å². The molecule has 1 aromatic carbocycles. The number of fused-ring (bicyclic) bond motifs is 1. The van der Waals surface area contributed by atoms with E-state index in [2.05, 4.69) is 34.6 Å². The first-order valence-corrected chi connectivity index (χ1v) is 7.75. The predicted molar refractivity (Wildman–Crippen MR) is 80.6 cm³/mol. The molecule has 0 bridgehead atoms. The maximum absolute atomic E-state index is 5.90. The Labute approximate surface area is 117 Å². The molecule has 19 heavy (non-hydrogen) atoms. The monoisotopic (exact) mass is 274 g/mol. The van der Waals surface area contributed by atoms with Crippen molar-refractivity contribution >= 4 is 22.7 Å². The summed E-state index contributed by atoms with van der Waals surface area (Å²) in [5, 5.41) is 4.58. The van der Waals surface area contributed by atoms with E-state index < -0.39 is 0 Å². The molecule has 1 aromatic heterocycles. The summed E-state index contributed by atoms with van der Waals surface area (Å²) >= 11 is 1.97. The molecular formula is C15H18N2OS. The van der Waals surface area contributed by atoms with Crippen molar-refractivity contribution in [3.63, 3.8) is 0 Å². The van der Waals surface area contributed by atoms with Crippen LogP contribution in [-0.2, 0) is 4.74 Å². The number of aromatic nitrogens is 1. The van der Waals surface area contributed by atoms with E-state index in [-0.39, 0.29) is 12.1 Å². The lowest BCUT2D eigenvalue weighted by Gasteiger charge is -2.30. The minimum atomic E-state index is 0.248. The van der Waals surface area contributed by atoms with E-state index >= 15 is 0 Å². The number of nitrogens with zero attached hydrogens (tertiary/aromatic N) is 1. The van der Waals surface area contributed by atoms with Crippen molar-refractivity contribution in [2.24, 2.45) is 0 Å². The first kappa shape index (κ1) is 12.9. The molecule has 0 amide bonds. The minimum absolute atomic E-state index is 0.248. The van der Waals surface area contributed by atoms with Gasteiger partial charge in [-0.2, -0.15) is 11.8 Å². The normalized spacial score (nSPS) is 21.4. The molecule has 2 heterocycles. The second kappa shape index (κ2) is 5.90. The molecule has 2 aromatic rings. The van der Waals surface area contributed by atoms with Gasteiger partial charge in [-0.05, 0) is 30.8 Å². The lowest BCUT2D eigenvalue weighted by molar-refractivity contribution is 0.0489. The van der Waals surface area contributed by atoms with Crippen LogP contribution in [0.1, 0.15) is 11.6 Å². The van der Waals surface area contributed by atoms with Crippen LogP contribution in [0.15, 0.2) is 36.5 Å². The van der Waals surface area contributed by atoms with Gasteiger partial charge in [-0.25, -0.2) is 0 Å². The van der Waals surface area contributed by atoms with Crippen LogP contribution >= 0.6 is 11.8 Å². The molecule has 1 N–H and O–H groups in total. The molecule has 2 atom stereocenters. The lowest BCUT2D eigenvalue weighted by atomic mass is 10.00. The Hall–Kier alpha value is -1.10. The number of hydrogen-bond donors (Lipinski definition) is 1. The Bertz CT molecular complexity index is 555. The van der Waals surface area contributed by atoms with Gasteiger partial charge >= 0.3 is 0 Å². The fraction of sp³-hybridized carbons (Fsp3) is 0.400. The fourth-order valence-electron chi connectivity index (χ4n) is 2.55. The van der Waals surface area contributed by atoms with Gasteiger partial charge in [0.15, 0.2) is 0 Å². The summed E-state index contributed by atoms with van der Waals surface area (Å²) in [5.41, 5.74) is 2.32. The predicted octanol–water partition coefficient (Wildman–Crippen LogP) is 2.63. The molecule has 0 saturated carbocycles. The number of likely N-dealkylation sites (N-methyl/N-ethyl adjacent to an activating group) is 1. The molecule has 3 nitrogen and oxygen atoms in total. The first-order chi connectivity index (χ1) is 9.38. The van der Waals surface area contributed by atoms with Crippen molar-refractivity contribution in [2.75, 3.05) is 25.2 Å². The van der Waals surface area contributed by atoms with Crippen LogP contribution in [0.3, 0.4) is 0 Å². The van der Waals surface area contributed by atoms with Crippen LogP contribution in [-0.4, -0.2) is 36.2 Å². The minimum Gasteiger partial charge on any atom is -0.375 e. The van der Waals surface area contributed by atoms with Gasteiger partial charge < -0.3 is 10.1 Å². The second-order valence-corrected chi connectivity index (χ2v) is 5.86. The molecule has 100 valence electrons. The van der Waals surface area contributed by atoms with Gasteiger partial charge in [0.1, 0.15) is 0 Å². The standard InChI is InChI=1S/C15H18N2OS/c1-16-15(14-10-19-8-7-18-14)12-4-5-13-11(9-12)3-2-6-17-13/h2-6,9,14-16H,7-8,10H2,1H3. The van der Waals surface area contributed by atoms with Crippen LogP contribution in [0.25, 0.3) is 10.9 Å². The summed E-state index contributed by atoms with van der Waals surface area (Å²) in [6.07, 6.45) is 2.08. The smallest absolute Gasteiger partial charge is 0.0860 e. The van der Waals surface area contributed by atoms with Crippen LogP contribution in [0.4, 0.5) is 0 Å². The molecule has 2 unspecified atom stereocenters. The van der Waals surface area contributed by atoms with E-state index in [9.17, 15) is 0 Å². The highest BCUT2D eigenvalue weighted by Gasteiger charge is 2.25. The zero-order valence-corrected chi connectivity index (χ0v) is 11.8. The summed E-state index contributed by atoms with van der Waals surface area (Å²) in [6.45, 7) is 0.850. The third-order valence-corrected chi connectivity index (χ3v) is 4.53. The molecule has 1 fully saturated rings. The Morgan fingerprint density at radius 3 is 3.16 bits per heavy atom. The summed E-state index contributed by atoms with van der Waals surface area (Å²) < 4.78 is 5.90. The number of thioether (sulfide) groups is 1. The number of rotatable bonds is 3. The van der Waals surface area contributed by atoms with E-state index in [0.29, 0.717) is 0 Å². The average Bonchev–Trinajstić information content (AvgIpc) is 2.49. The van der Waals surface area contributed by atoms with Gasteiger partial charge in [0, 0.05) is 23.1 Å². The van der Waals surface area contributed by atoms with Crippen LogP contribution in [0.5, 0.6) is 0 Å². The van der Waals surface area contributed by atoms with Crippen molar-refractivity contribution in [2.45, 2.75) is 12.1 Å². The number of pyridine rings is 1. The molecule has 4 heteroatoms. The Morgan fingerprint density at radius 2 is 2.37 bits per heavy atom. The first-order valence-electron chi connectivity index (χ1n) is 6.60. The molecule has 3 rings (SSSR count). The van der Waals surface area contributed by atoms with E-state index in [1.807, 2.05) is 31.1 Å². The van der Waals surface area contributed by atoms with E-state index in [1.165, 1.54) is 10.9 Å². The molecule has 1 aliphatic rings. The summed E-state index contributed by atoms with van der Waals surface area (Å²) in [7, 11) is 2.00. The van der Waals surface area contributed by atoms with Gasteiger partial charge in [0.05, 0.1) is 24.3 Å². The largest absolute Gasteiger partial charge is 0.375 e. The highest BCUT2D eigenvalue weighted by atomic mass is 32.2. The Morgan fingerprint density at radius 1 is 1.42 bits per heavy atom. The molecular weight excluding hydrogens is 256 g/mol. The third-order valence-electron chi connectivity index (χ3n) is 3.51. The number of nitrogens with one attached hydrogen (secondary N) is 1. The topological polar surface area (TPSA) is 34.2 Å². The molecule has 0 aliphatic carbocycles. The quantitative estimate of drug-likeness (QED) is 0.933. The van der Waals surface area contributed by atoms with Gasteiger partial charge in [0.2, 0.25) is 0 Å². The zero-order valence-electron chi connectivity index (χ0n) is 11.0. The maximum atomic E-state index is 5.90. The SMILES string of the molecule is CNC(c1ccc2ncccc2c1)C1CSCCO1. The van der Waals surface area contributed by atoms with Crippen molar-refractivity contribution in [3.8, 4) is 0 Å². The van der Waals surface area contributed by atoms with Gasteiger partial charge in [0.25, 0.3) is 0 Å². The second-order valence-electron chi connectivity index (χ2n) is 4.71. The van der Waals surface area contributed by atoms with E-state index in [4.69, 9.17) is 4.74 Å². The summed E-state index contributed by atoms with van der Waals surface area (Å²) in [5.74, 6) is 2.16. The fourth-order valence-corrected chi connectivity index (χ4v) is 3.45. The van der Waals surface area contributed by atoms with Crippen molar-refractivity contribution in [1.82, 2.24) is 10.3 Å². The molecule has 1 aliphatic heterocycles. The summed E-state index contributed by atoms with van der Waals surface area (Å²) in [4.78, 5) is 4.36. The highest BCUT2D eigenvalue weighted by Crippen LogP contribution is 2.27. The van der Waals surface area contributed by atoms with Gasteiger partial charge in [-0.3, -0.25) is 4.98 Å². The molecule has 0 radical (unpaired) electrons. The van der Waals surface area contributed by atoms with Crippen LogP contribution in [0, 0.1) is 0 Å². The average molecular weight is 274 g/mol. The van der Waals surface area contributed by atoms with Gasteiger partial charge in [-0.1, -0.05) is 12.1 Å². The zero-order chi connectivity index (χ0) is 13.1. The van der Waals surface area contributed by atoms with Crippen LogP contribution < -0.4 is 5.32 Å². The Kier molecular flexibility index (Phi) is 4.01. The van der Waals surface area contributed by atoms with Crippen molar-refractivity contribution in [3.05, 3.63) is 42.1 Å². The van der Waals surface area contributed by atoms with Crippen molar-refractivity contribution < 1.29 is 4.74 Å². The molecule has 1 saturated heterocycles. The van der Waals surface area contributed by atoms with Gasteiger partial charge in [-0.15, -0.1) is 0 Å². The summed E-state index contributed by atoms with van der Waals surface area (Å²) in [6, 6.07) is 10.8. The third kappa shape index (κ3) is 2.76. The van der Waals surface area contributed by atoms with Crippen LogP contribution in [0.2, 0.25) is 0 Å². The van der Waals surface area contributed by atoms with E-state index in [0.717, 1.165) is 23.6 Å². The lowest BCUT2D eigenvalue weighted by Crippen LogP contribution is -2.36. The number of hydrogen-bond acceptors (Lipinski definition) is 4. The molecule has 0 spiro atoms. The Balaban J connectivity index is 1.91. The highest BCUT2D eigenvalue weighted by molar-refractivity contribution is 7.99. The maximum Gasteiger partial charge on any atom is 0.0860 e.